The molecular formula is C38H34BrN3O3. The molecule has 0 N–H and O–H groups in total. The summed E-state index contributed by atoms with van der Waals surface area (Å²) < 4.78 is 14.8. The average molecular weight is 661 g/mol. The van der Waals surface area contributed by atoms with Crippen LogP contribution >= 0.6 is 15.9 Å². The summed E-state index contributed by atoms with van der Waals surface area (Å²) in [6.45, 7) is 9.21. The molecule has 0 aliphatic carbocycles. The Morgan fingerprint density at radius 2 is 1.62 bits per heavy atom. The Bertz CT molecular complexity index is 2100. The molecule has 226 valence electrons. The van der Waals surface area contributed by atoms with E-state index in [4.69, 9.17) is 19.6 Å². The Morgan fingerprint density at radius 1 is 0.889 bits per heavy atom. The first-order valence-corrected chi connectivity index (χ1v) is 15.9. The van der Waals surface area contributed by atoms with Crippen molar-refractivity contribution >= 4 is 43.8 Å². The fraction of sp³-hybridized carbons (Fsp3) is 0.184. The van der Waals surface area contributed by atoms with Crippen molar-refractivity contribution in [3.05, 3.63) is 134 Å². The molecule has 0 aliphatic rings. The van der Waals surface area contributed by atoms with E-state index in [0.717, 1.165) is 48.8 Å². The third-order valence-corrected chi connectivity index (χ3v) is 8.34. The minimum absolute atomic E-state index is 0.205. The highest BCUT2D eigenvalue weighted by Crippen LogP contribution is 2.34. The second kappa shape index (κ2) is 13.1. The number of fused-ring (bicyclic) bond motifs is 2. The van der Waals surface area contributed by atoms with Gasteiger partial charge >= 0.3 is 0 Å². The van der Waals surface area contributed by atoms with Crippen LogP contribution in [0.5, 0.6) is 11.5 Å². The SMILES string of the molecule is CCOc1cc(C)c(-c2nc3ccccc3c(=O)n2N=Cc2c(OCc3ccc(Br)cc3)ccc3ccccc23)cc1C(C)C. The standard InChI is InChI=1S/C38H34BrN3O3/c1-5-44-36-20-25(4)32(21-31(36)24(2)3)37-41-34-13-9-8-12-30(34)38(43)42(37)40-22-33-29-11-7-6-10-27(29)16-19-35(33)45-23-26-14-17-28(39)18-15-26/h6-22,24H,5,23H2,1-4H3. The van der Waals surface area contributed by atoms with Crippen molar-refractivity contribution < 1.29 is 9.47 Å². The molecule has 5 aromatic carbocycles. The summed E-state index contributed by atoms with van der Waals surface area (Å²) in [7, 11) is 0. The van der Waals surface area contributed by atoms with Crippen LogP contribution < -0.4 is 15.0 Å². The molecule has 6 aromatic rings. The Morgan fingerprint density at radius 3 is 2.38 bits per heavy atom. The van der Waals surface area contributed by atoms with Gasteiger partial charge in [-0.3, -0.25) is 4.79 Å². The van der Waals surface area contributed by atoms with Crippen molar-refractivity contribution in [3.63, 3.8) is 0 Å². The molecule has 0 fully saturated rings. The molecule has 6 nitrogen and oxygen atoms in total. The number of hydrogen-bond acceptors (Lipinski definition) is 5. The van der Waals surface area contributed by atoms with E-state index in [-0.39, 0.29) is 11.5 Å². The van der Waals surface area contributed by atoms with Gasteiger partial charge in [0, 0.05) is 15.6 Å². The maximum atomic E-state index is 14.1. The molecule has 0 amide bonds. The largest absolute Gasteiger partial charge is 0.494 e. The third kappa shape index (κ3) is 6.26. The summed E-state index contributed by atoms with van der Waals surface area (Å²) in [4.78, 5) is 19.1. The number of benzene rings is 5. The molecule has 1 aromatic heterocycles. The van der Waals surface area contributed by atoms with E-state index < -0.39 is 0 Å². The van der Waals surface area contributed by atoms with E-state index in [0.29, 0.717) is 35.7 Å². The molecule has 0 unspecified atom stereocenters. The normalized spacial score (nSPS) is 11.6. The van der Waals surface area contributed by atoms with Crippen molar-refractivity contribution in [2.75, 3.05) is 6.61 Å². The molecule has 7 heteroatoms. The molecule has 1 heterocycles. The second-order valence-corrected chi connectivity index (χ2v) is 12.1. The van der Waals surface area contributed by atoms with Gasteiger partial charge < -0.3 is 9.47 Å². The van der Waals surface area contributed by atoms with Crippen molar-refractivity contribution in [2.24, 2.45) is 5.10 Å². The zero-order valence-electron chi connectivity index (χ0n) is 25.8. The summed E-state index contributed by atoms with van der Waals surface area (Å²) in [5, 5.41) is 7.36. The van der Waals surface area contributed by atoms with Gasteiger partial charge in [0.05, 0.1) is 23.7 Å². The molecular weight excluding hydrogens is 626 g/mol. The highest BCUT2D eigenvalue weighted by molar-refractivity contribution is 9.10. The van der Waals surface area contributed by atoms with Gasteiger partial charge in [-0.2, -0.15) is 9.78 Å². The van der Waals surface area contributed by atoms with Crippen LogP contribution in [0, 0.1) is 6.92 Å². The van der Waals surface area contributed by atoms with Gasteiger partial charge in [0.15, 0.2) is 5.82 Å². The van der Waals surface area contributed by atoms with Crippen LogP contribution in [0.15, 0.2) is 111 Å². The summed E-state index contributed by atoms with van der Waals surface area (Å²) in [6, 6.07) is 31.6. The van der Waals surface area contributed by atoms with E-state index >= 15 is 0 Å². The number of ether oxygens (including phenoxy) is 2. The maximum Gasteiger partial charge on any atom is 0.282 e. The van der Waals surface area contributed by atoms with E-state index in [1.54, 1.807) is 12.3 Å². The van der Waals surface area contributed by atoms with E-state index in [1.807, 2.05) is 92.7 Å². The average Bonchev–Trinajstić information content (AvgIpc) is 3.04. The lowest BCUT2D eigenvalue weighted by molar-refractivity contribution is 0.306. The van der Waals surface area contributed by atoms with Crippen molar-refractivity contribution in [2.45, 2.75) is 40.2 Å². The quantitative estimate of drug-likeness (QED) is 0.145. The molecule has 0 aliphatic heterocycles. The zero-order valence-corrected chi connectivity index (χ0v) is 27.3. The molecule has 0 bridgehead atoms. The summed E-state index contributed by atoms with van der Waals surface area (Å²) in [5.41, 5.74) is 5.01. The monoisotopic (exact) mass is 659 g/mol. The van der Waals surface area contributed by atoms with Gasteiger partial charge in [0.1, 0.15) is 18.1 Å². The summed E-state index contributed by atoms with van der Waals surface area (Å²) >= 11 is 3.49. The molecule has 0 atom stereocenters. The highest BCUT2D eigenvalue weighted by atomic mass is 79.9. The number of halogens is 1. The minimum Gasteiger partial charge on any atom is -0.494 e. The molecule has 0 saturated carbocycles. The van der Waals surface area contributed by atoms with Gasteiger partial charge in [-0.1, -0.05) is 84.4 Å². The Hall–Kier alpha value is -4.75. The van der Waals surface area contributed by atoms with Crippen LogP contribution in [0.4, 0.5) is 0 Å². The molecule has 0 radical (unpaired) electrons. The van der Waals surface area contributed by atoms with Crippen molar-refractivity contribution in [1.82, 2.24) is 9.66 Å². The van der Waals surface area contributed by atoms with Gasteiger partial charge in [0.25, 0.3) is 5.56 Å². The molecule has 0 spiro atoms. The number of para-hydroxylation sites is 1. The van der Waals surface area contributed by atoms with E-state index in [9.17, 15) is 4.79 Å². The van der Waals surface area contributed by atoms with Crippen LogP contribution in [0.2, 0.25) is 0 Å². The third-order valence-electron chi connectivity index (χ3n) is 7.81. The summed E-state index contributed by atoms with van der Waals surface area (Å²) in [5.74, 6) is 2.18. The van der Waals surface area contributed by atoms with E-state index in [2.05, 4.69) is 41.9 Å². The summed E-state index contributed by atoms with van der Waals surface area (Å²) in [6.07, 6.45) is 1.72. The number of nitrogens with zero attached hydrogens (tertiary/aromatic N) is 3. The first-order valence-electron chi connectivity index (χ1n) is 15.1. The van der Waals surface area contributed by atoms with Gasteiger partial charge in [0.2, 0.25) is 0 Å². The van der Waals surface area contributed by atoms with E-state index in [1.165, 1.54) is 4.68 Å². The number of aromatic nitrogens is 2. The lowest BCUT2D eigenvalue weighted by Crippen LogP contribution is -2.21. The minimum atomic E-state index is -0.246. The van der Waals surface area contributed by atoms with Crippen LogP contribution in [-0.2, 0) is 6.61 Å². The fourth-order valence-corrected chi connectivity index (χ4v) is 5.73. The Labute approximate surface area is 271 Å². The molecule has 0 saturated heterocycles. The fourth-order valence-electron chi connectivity index (χ4n) is 5.47. The van der Waals surface area contributed by atoms with Gasteiger partial charge in [-0.05, 0) is 89.7 Å². The van der Waals surface area contributed by atoms with Crippen LogP contribution in [0.25, 0.3) is 33.1 Å². The van der Waals surface area contributed by atoms with Gasteiger partial charge in [-0.15, -0.1) is 0 Å². The van der Waals surface area contributed by atoms with Crippen LogP contribution in [0.3, 0.4) is 0 Å². The first-order chi connectivity index (χ1) is 21.8. The Kier molecular flexibility index (Phi) is 8.80. The van der Waals surface area contributed by atoms with Crippen LogP contribution in [0.1, 0.15) is 48.9 Å². The lowest BCUT2D eigenvalue weighted by atomic mass is 9.96. The highest BCUT2D eigenvalue weighted by Gasteiger charge is 2.19. The maximum absolute atomic E-state index is 14.1. The second-order valence-electron chi connectivity index (χ2n) is 11.2. The molecule has 6 rings (SSSR count). The van der Waals surface area contributed by atoms with Crippen molar-refractivity contribution in [1.29, 1.82) is 0 Å². The Balaban J connectivity index is 1.52. The van der Waals surface area contributed by atoms with Gasteiger partial charge in [-0.25, -0.2) is 4.98 Å². The number of rotatable bonds is 9. The predicted octanol–water partition coefficient (Wildman–Crippen LogP) is 9.27. The zero-order chi connectivity index (χ0) is 31.5. The topological polar surface area (TPSA) is 65.7 Å². The van der Waals surface area contributed by atoms with Crippen molar-refractivity contribution in [3.8, 4) is 22.9 Å². The predicted molar refractivity (Wildman–Crippen MR) is 187 cm³/mol. The smallest absolute Gasteiger partial charge is 0.282 e. The number of hydrogen-bond donors (Lipinski definition) is 0. The lowest BCUT2D eigenvalue weighted by Gasteiger charge is -2.18. The first kappa shape index (κ1) is 30.3. The number of aryl methyl sites for hydroxylation is 1. The van der Waals surface area contributed by atoms with Crippen LogP contribution in [-0.4, -0.2) is 22.5 Å². The molecule has 45 heavy (non-hydrogen) atoms.